The Bertz CT molecular complexity index is 689. The maximum Gasteiger partial charge on any atom is 0.125 e. The lowest BCUT2D eigenvalue weighted by atomic mass is 10.1. The molecule has 1 N–H and O–H groups in total. The molecule has 0 aromatic heterocycles. The maximum atomic E-state index is 13.3. The van der Waals surface area contributed by atoms with Gasteiger partial charge in [-0.3, -0.25) is 0 Å². The zero-order valence-corrected chi connectivity index (χ0v) is 11.6. The van der Waals surface area contributed by atoms with Crippen LogP contribution in [0.15, 0.2) is 42.5 Å². The zero-order chi connectivity index (χ0) is 15.2. The summed E-state index contributed by atoms with van der Waals surface area (Å²) in [6.07, 6.45) is 0. The fourth-order valence-corrected chi connectivity index (χ4v) is 2.00. The quantitative estimate of drug-likeness (QED) is 0.877. The Hall–Kier alpha value is -2.38. The summed E-state index contributed by atoms with van der Waals surface area (Å²) in [6.45, 7) is 0.175. The van der Waals surface area contributed by atoms with Gasteiger partial charge in [0.05, 0.1) is 0 Å². The number of anilines is 1. The van der Waals surface area contributed by atoms with Gasteiger partial charge in [0.1, 0.15) is 18.2 Å². The second-order valence-corrected chi connectivity index (χ2v) is 4.60. The summed E-state index contributed by atoms with van der Waals surface area (Å²) in [5, 5.41) is 8.76. The molecule has 2 aromatic rings. The summed E-state index contributed by atoms with van der Waals surface area (Å²) in [5.41, 5.74) is 2.05. The number of halogens is 2. The Kier molecular flexibility index (Phi) is 4.91. The van der Waals surface area contributed by atoms with Crippen LogP contribution in [0.3, 0.4) is 0 Å². The van der Waals surface area contributed by atoms with Gasteiger partial charge in [0.25, 0.3) is 0 Å². The standard InChI is InChI=1S/C17H15F2NO/c1-20(17-6-2-5-15(18)11-17)12-14-7-8-16(19)10-13(14)4-3-9-21/h2,5-8,10-11,21H,9,12H2,1H3. The minimum atomic E-state index is -0.380. The predicted molar refractivity (Wildman–Crippen MR) is 78.9 cm³/mol. The van der Waals surface area contributed by atoms with Gasteiger partial charge in [0.2, 0.25) is 0 Å². The summed E-state index contributed by atoms with van der Waals surface area (Å²) in [7, 11) is 1.82. The summed E-state index contributed by atoms with van der Waals surface area (Å²) in [5.74, 6) is 4.56. The van der Waals surface area contributed by atoms with Crippen molar-refractivity contribution in [2.45, 2.75) is 6.54 Å². The van der Waals surface area contributed by atoms with E-state index in [4.69, 9.17) is 5.11 Å². The highest BCUT2D eigenvalue weighted by atomic mass is 19.1. The van der Waals surface area contributed by atoms with E-state index >= 15 is 0 Å². The Morgan fingerprint density at radius 3 is 2.57 bits per heavy atom. The molecule has 2 aromatic carbocycles. The first-order chi connectivity index (χ1) is 10.1. The molecule has 0 saturated carbocycles. The third-order valence-electron chi connectivity index (χ3n) is 3.03. The topological polar surface area (TPSA) is 23.5 Å². The van der Waals surface area contributed by atoms with Crippen molar-refractivity contribution in [3.8, 4) is 11.8 Å². The maximum absolute atomic E-state index is 13.3. The normalized spacial score (nSPS) is 9.90. The number of nitrogens with zero attached hydrogens (tertiary/aromatic N) is 1. The first-order valence-electron chi connectivity index (χ1n) is 6.45. The van der Waals surface area contributed by atoms with Gasteiger partial charge in [0.15, 0.2) is 0 Å². The van der Waals surface area contributed by atoms with Crippen molar-refractivity contribution in [3.63, 3.8) is 0 Å². The molecule has 0 fully saturated rings. The number of rotatable bonds is 3. The molecule has 0 heterocycles. The lowest BCUT2D eigenvalue weighted by molar-refractivity contribution is 0.350. The smallest absolute Gasteiger partial charge is 0.125 e. The SMILES string of the molecule is CN(Cc1ccc(F)cc1C#CCO)c1cccc(F)c1. The molecule has 0 spiro atoms. The lowest BCUT2D eigenvalue weighted by Gasteiger charge is -2.20. The van der Waals surface area contributed by atoms with Crippen molar-refractivity contribution in [3.05, 3.63) is 65.2 Å². The molecule has 108 valence electrons. The third-order valence-corrected chi connectivity index (χ3v) is 3.03. The summed E-state index contributed by atoms with van der Waals surface area (Å²) in [4.78, 5) is 1.85. The summed E-state index contributed by atoms with van der Waals surface area (Å²) in [6, 6.07) is 10.6. The minimum Gasteiger partial charge on any atom is -0.384 e. The van der Waals surface area contributed by atoms with E-state index < -0.39 is 0 Å². The third kappa shape index (κ3) is 4.04. The molecule has 0 aliphatic carbocycles. The van der Waals surface area contributed by atoms with Gasteiger partial charge in [-0.05, 0) is 35.9 Å². The van der Waals surface area contributed by atoms with E-state index in [1.807, 2.05) is 11.9 Å². The van der Waals surface area contributed by atoms with Crippen LogP contribution >= 0.6 is 0 Å². The Morgan fingerprint density at radius 1 is 1.10 bits per heavy atom. The van der Waals surface area contributed by atoms with Crippen LogP contribution in [0.5, 0.6) is 0 Å². The van der Waals surface area contributed by atoms with E-state index in [1.54, 1.807) is 18.2 Å². The van der Waals surface area contributed by atoms with Crippen LogP contribution in [0.4, 0.5) is 14.5 Å². The highest BCUT2D eigenvalue weighted by Gasteiger charge is 2.07. The van der Waals surface area contributed by atoms with Gasteiger partial charge in [-0.2, -0.15) is 0 Å². The molecule has 21 heavy (non-hydrogen) atoms. The number of aliphatic hydroxyl groups is 1. The van der Waals surface area contributed by atoms with Crippen LogP contribution in [0.1, 0.15) is 11.1 Å². The van der Waals surface area contributed by atoms with Gasteiger partial charge >= 0.3 is 0 Å². The zero-order valence-electron chi connectivity index (χ0n) is 11.6. The molecule has 0 saturated heterocycles. The first-order valence-corrected chi connectivity index (χ1v) is 6.45. The molecule has 2 rings (SSSR count). The van der Waals surface area contributed by atoms with Crippen molar-refractivity contribution < 1.29 is 13.9 Å². The number of aliphatic hydroxyl groups excluding tert-OH is 1. The Labute approximate surface area is 122 Å². The van der Waals surface area contributed by atoms with Crippen LogP contribution in [-0.4, -0.2) is 18.8 Å². The minimum absolute atomic E-state index is 0.282. The molecule has 0 aliphatic rings. The Morgan fingerprint density at radius 2 is 1.86 bits per heavy atom. The second-order valence-electron chi connectivity index (χ2n) is 4.60. The van der Waals surface area contributed by atoms with E-state index in [2.05, 4.69) is 11.8 Å². The van der Waals surface area contributed by atoms with E-state index in [9.17, 15) is 8.78 Å². The average Bonchev–Trinajstić information content (AvgIpc) is 2.47. The van der Waals surface area contributed by atoms with Gasteiger partial charge in [0, 0.05) is 24.8 Å². The van der Waals surface area contributed by atoms with E-state index in [1.165, 1.54) is 24.3 Å². The molecular weight excluding hydrogens is 272 g/mol. The summed E-state index contributed by atoms with van der Waals surface area (Å²) >= 11 is 0. The molecule has 0 radical (unpaired) electrons. The lowest BCUT2D eigenvalue weighted by Crippen LogP contribution is -2.17. The fourth-order valence-electron chi connectivity index (χ4n) is 2.00. The second kappa shape index (κ2) is 6.87. The molecule has 0 unspecified atom stereocenters. The fraction of sp³-hybridized carbons (Fsp3) is 0.176. The van der Waals surface area contributed by atoms with Crippen LogP contribution in [-0.2, 0) is 6.54 Å². The monoisotopic (exact) mass is 287 g/mol. The average molecular weight is 287 g/mol. The Balaban J connectivity index is 2.26. The highest BCUT2D eigenvalue weighted by Crippen LogP contribution is 2.19. The number of hydrogen-bond acceptors (Lipinski definition) is 2. The molecule has 0 aliphatic heterocycles. The van der Waals surface area contributed by atoms with Crippen molar-refractivity contribution >= 4 is 5.69 Å². The van der Waals surface area contributed by atoms with Crippen molar-refractivity contribution in [2.24, 2.45) is 0 Å². The molecule has 2 nitrogen and oxygen atoms in total. The molecular formula is C17H15F2NO. The van der Waals surface area contributed by atoms with Crippen molar-refractivity contribution in [2.75, 3.05) is 18.6 Å². The first kappa shape index (κ1) is 15.0. The summed E-state index contributed by atoms with van der Waals surface area (Å²) < 4.78 is 26.5. The van der Waals surface area contributed by atoms with E-state index in [0.717, 1.165) is 11.3 Å². The highest BCUT2D eigenvalue weighted by molar-refractivity contribution is 5.49. The van der Waals surface area contributed by atoms with Crippen LogP contribution in [0, 0.1) is 23.5 Å². The van der Waals surface area contributed by atoms with Gasteiger partial charge in [-0.15, -0.1) is 0 Å². The van der Waals surface area contributed by atoms with Gasteiger partial charge in [-0.1, -0.05) is 24.0 Å². The largest absolute Gasteiger partial charge is 0.384 e. The van der Waals surface area contributed by atoms with Crippen molar-refractivity contribution in [1.82, 2.24) is 0 Å². The van der Waals surface area contributed by atoms with E-state index in [0.29, 0.717) is 12.1 Å². The molecule has 4 heteroatoms. The number of hydrogen-bond donors (Lipinski definition) is 1. The van der Waals surface area contributed by atoms with Crippen LogP contribution in [0.25, 0.3) is 0 Å². The van der Waals surface area contributed by atoms with Gasteiger partial charge < -0.3 is 10.0 Å². The molecule has 0 amide bonds. The van der Waals surface area contributed by atoms with Crippen LogP contribution in [0.2, 0.25) is 0 Å². The van der Waals surface area contributed by atoms with Gasteiger partial charge in [-0.25, -0.2) is 8.78 Å². The number of benzene rings is 2. The molecule has 0 atom stereocenters. The predicted octanol–water partition coefficient (Wildman–Crippen LogP) is 2.95. The van der Waals surface area contributed by atoms with Crippen LogP contribution < -0.4 is 4.90 Å². The van der Waals surface area contributed by atoms with E-state index in [-0.39, 0.29) is 18.2 Å². The van der Waals surface area contributed by atoms with Crippen molar-refractivity contribution in [1.29, 1.82) is 0 Å². The molecule has 0 bridgehead atoms.